The van der Waals surface area contributed by atoms with Crippen molar-refractivity contribution in [1.82, 2.24) is 0 Å². The van der Waals surface area contributed by atoms with Crippen LogP contribution in [-0.4, -0.2) is 18.7 Å². The molecule has 0 N–H and O–H groups in total. The molecule has 0 saturated heterocycles. The Morgan fingerprint density at radius 3 is 2.30 bits per heavy atom. The van der Waals surface area contributed by atoms with Crippen LogP contribution >= 0.6 is 10.0 Å². The number of methoxy groups -OCH3 is 1. The first kappa shape index (κ1) is 7.41. The molecule has 1 rings (SSSR count). The van der Waals surface area contributed by atoms with Crippen LogP contribution in [0.5, 0.6) is 0 Å². The van der Waals surface area contributed by atoms with E-state index in [1.54, 1.807) is 0 Å². The van der Waals surface area contributed by atoms with Crippen molar-refractivity contribution in [3.8, 4) is 0 Å². The normalized spacial score (nSPS) is 22.6. The number of ether oxygens (including phenoxy) is 1. The van der Waals surface area contributed by atoms with Crippen molar-refractivity contribution in [3.63, 3.8) is 0 Å². The van der Waals surface area contributed by atoms with Crippen molar-refractivity contribution in [2.75, 3.05) is 13.4 Å². The zero-order chi connectivity index (χ0) is 7.61. The van der Waals surface area contributed by atoms with Crippen LogP contribution in [0, 0.1) is 0 Å². The number of hydrogen-bond donors (Lipinski definition) is 0. The highest BCUT2D eigenvalue weighted by molar-refractivity contribution is 8.48. The highest BCUT2D eigenvalue weighted by atomic mass is 32.3. The van der Waals surface area contributed by atoms with Gasteiger partial charge >= 0.3 is 5.30 Å². The first-order valence-electron chi connectivity index (χ1n) is 2.90. The summed E-state index contributed by atoms with van der Waals surface area (Å²) in [4.78, 5) is 11.0. The van der Waals surface area contributed by atoms with E-state index in [9.17, 15) is 4.79 Å². The van der Waals surface area contributed by atoms with Crippen LogP contribution in [0.4, 0.5) is 4.79 Å². The minimum absolute atomic E-state index is 0.127. The minimum Gasteiger partial charge on any atom is -0.462 e. The number of hydrogen-bond acceptors (Lipinski definition) is 2. The summed E-state index contributed by atoms with van der Waals surface area (Å²) in [5.41, 5.74) is 0. The van der Waals surface area contributed by atoms with Gasteiger partial charge in [-0.05, 0) is 17.1 Å². The Morgan fingerprint density at radius 1 is 1.40 bits per heavy atom. The van der Waals surface area contributed by atoms with Gasteiger partial charge < -0.3 is 4.74 Å². The molecular formula is C7H10O2S. The van der Waals surface area contributed by atoms with Crippen LogP contribution in [0.1, 0.15) is 0 Å². The second kappa shape index (κ2) is 2.50. The summed E-state index contributed by atoms with van der Waals surface area (Å²) in [6.07, 6.45) is 5.66. The lowest BCUT2D eigenvalue weighted by Crippen LogP contribution is -2.04. The van der Waals surface area contributed by atoms with Gasteiger partial charge in [0.15, 0.2) is 0 Å². The van der Waals surface area contributed by atoms with E-state index in [4.69, 9.17) is 0 Å². The lowest BCUT2D eigenvalue weighted by molar-refractivity contribution is 0.199. The van der Waals surface area contributed by atoms with Gasteiger partial charge in [0.05, 0.1) is 7.11 Å². The molecular weight excluding hydrogens is 148 g/mol. The molecule has 0 saturated carbocycles. The van der Waals surface area contributed by atoms with E-state index in [0.29, 0.717) is 0 Å². The van der Waals surface area contributed by atoms with E-state index in [0.717, 1.165) is 0 Å². The molecule has 3 heteroatoms. The molecule has 0 aliphatic carbocycles. The third kappa shape index (κ3) is 1.09. The fourth-order valence-corrected chi connectivity index (χ4v) is 2.26. The van der Waals surface area contributed by atoms with Gasteiger partial charge in [-0.1, -0.05) is 12.2 Å². The molecule has 1 aliphatic rings. The Bertz CT molecular complexity index is 194. The van der Waals surface area contributed by atoms with Crippen LogP contribution in [0.2, 0.25) is 0 Å². The van der Waals surface area contributed by atoms with Gasteiger partial charge in [-0.15, -0.1) is 10.0 Å². The van der Waals surface area contributed by atoms with Gasteiger partial charge in [0.1, 0.15) is 0 Å². The summed E-state index contributed by atoms with van der Waals surface area (Å²) in [7, 11) is 0.0625. The maximum Gasteiger partial charge on any atom is 0.356 e. The lowest BCUT2D eigenvalue weighted by atomic mass is 10.6. The molecule has 0 aromatic carbocycles. The Kier molecular flexibility index (Phi) is 1.85. The van der Waals surface area contributed by atoms with Crippen molar-refractivity contribution in [3.05, 3.63) is 23.0 Å². The SMILES string of the molecule is COC(=O)S1(C)C=CC=C1. The Morgan fingerprint density at radius 2 is 1.90 bits per heavy atom. The zero-order valence-electron chi connectivity index (χ0n) is 6.03. The average molecular weight is 158 g/mol. The van der Waals surface area contributed by atoms with E-state index in [2.05, 4.69) is 4.74 Å². The largest absolute Gasteiger partial charge is 0.462 e. The molecule has 1 heterocycles. The zero-order valence-corrected chi connectivity index (χ0v) is 6.85. The van der Waals surface area contributed by atoms with Crippen molar-refractivity contribution >= 4 is 15.3 Å². The number of rotatable bonds is 0. The van der Waals surface area contributed by atoms with E-state index >= 15 is 0 Å². The van der Waals surface area contributed by atoms with E-state index in [1.807, 2.05) is 29.2 Å². The Hall–Kier alpha value is -0.700. The molecule has 0 aromatic heterocycles. The Labute approximate surface area is 61.9 Å². The highest BCUT2D eigenvalue weighted by Crippen LogP contribution is 2.51. The monoisotopic (exact) mass is 158 g/mol. The molecule has 10 heavy (non-hydrogen) atoms. The second-order valence-electron chi connectivity index (χ2n) is 2.16. The van der Waals surface area contributed by atoms with Crippen LogP contribution in [0.25, 0.3) is 0 Å². The summed E-state index contributed by atoms with van der Waals surface area (Å²) in [6, 6.07) is 0. The molecule has 1 aliphatic heterocycles. The van der Waals surface area contributed by atoms with Gasteiger partial charge in [0.2, 0.25) is 0 Å². The molecule has 0 aromatic rings. The molecule has 0 bridgehead atoms. The summed E-state index contributed by atoms with van der Waals surface area (Å²) in [5.74, 6) is 0. The van der Waals surface area contributed by atoms with E-state index in [1.165, 1.54) is 7.11 Å². The van der Waals surface area contributed by atoms with Crippen LogP contribution in [0.15, 0.2) is 23.0 Å². The molecule has 56 valence electrons. The van der Waals surface area contributed by atoms with Crippen LogP contribution in [0.3, 0.4) is 0 Å². The predicted molar refractivity (Wildman–Crippen MR) is 44.2 cm³/mol. The molecule has 0 unspecified atom stereocenters. The number of carbonyl (C=O) groups is 1. The van der Waals surface area contributed by atoms with Crippen molar-refractivity contribution in [2.24, 2.45) is 0 Å². The lowest BCUT2D eigenvalue weighted by Gasteiger charge is -2.20. The molecule has 0 spiro atoms. The van der Waals surface area contributed by atoms with E-state index < -0.39 is 10.0 Å². The molecule has 0 atom stereocenters. The second-order valence-corrected chi connectivity index (χ2v) is 5.13. The quantitative estimate of drug-likeness (QED) is 0.505. The summed E-state index contributed by atoms with van der Waals surface area (Å²) in [6.45, 7) is 0. The van der Waals surface area contributed by atoms with Crippen LogP contribution in [-0.2, 0) is 4.74 Å². The number of allylic oxidation sites excluding steroid dienone is 2. The summed E-state index contributed by atoms with van der Waals surface area (Å²) < 4.78 is 4.63. The van der Waals surface area contributed by atoms with E-state index in [-0.39, 0.29) is 5.30 Å². The summed E-state index contributed by atoms with van der Waals surface area (Å²) in [5, 5.41) is 3.68. The Balaban J connectivity index is 2.79. The fourth-order valence-electron chi connectivity index (χ4n) is 0.753. The topological polar surface area (TPSA) is 26.3 Å². The van der Waals surface area contributed by atoms with Crippen molar-refractivity contribution in [1.29, 1.82) is 0 Å². The molecule has 0 fully saturated rings. The highest BCUT2D eigenvalue weighted by Gasteiger charge is 2.23. The molecule has 0 amide bonds. The van der Waals surface area contributed by atoms with Gasteiger partial charge in [0, 0.05) is 0 Å². The smallest absolute Gasteiger partial charge is 0.356 e. The van der Waals surface area contributed by atoms with Crippen LogP contribution < -0.4 is 0 Å². The fraction of sp³-hybridized carbons (Fsp3) is 0.286. The first-order valence-corrected chi connectivity index (χ1v) is 5.07. The maximum absolute atomic E-state index is 11.0. The first-order chi connectivity index (χ1) is 4.69. The van der Waals surface area contributed by atoms with Crippen molar-refractivity contribution in [2.45, 2.75) is 0 Å². The number of carbonyl (C=O) groups excluding carboxylic acids is 1. The predicted octanol–water partition coefficient (Wildman–Crippen LogP) is 2.23. The summed E-state index contributed by atoms with van der Waals surface area (Å²) >= 11 is 0. The van der Waals surface area contributed by atoms with Gasteiger partial charge in [0.25, 0.3) is 0 Å². The van der Waals surface area contributed by atoms with Crippen molar-refractivity contribution < 1.29 is 9.53 Å². The third-order valence-corrected chi connectivity index (χ3v) is 3.69. The maximum atomic E-state index is 11.0. The van der Waals surface area contributed by atoms with Gasteiger partial charge in [-0.2, -0.15) is 0 Å². The van der Waals surface area contributed by atoms with Gasteiger partial charge in [-0.3, -0.25) is 0 Å². The molecule has 2 nitrogen and oxygen atoms in total. The third-order valence-electron chi connectivity index (χ3n) is 1.36. The minimum atomic E-state index is -1.35. The van der Waals surface area contributed by atoms with Gasteiger partial charge in [-0.25, -0.2) is 4.79 Å². The standard InChI is InChI=1S/C7H10O2S/c1-9-7(8)10(2)5-3-4-6-10/h3-6H,1-2H3. The molecule has 0 radical (unpaired) electrons. The average Bonchev–Trinajstić information content (AvgIpc) is 2.36.